The average molecular weight is 338 g/mol. The minimum absolute atomic E-state index is 0.0402. The van der Waals surface area contributed by atoms with Gasteiger partial charge in [0.25, 0.3) is 0 Å². The molecule has 0 aromatic carbocycles. The van der Waals surface area contributed by atoms with Gasteiger partial charge in [0, 0.05) is 18.3 Å². The van der Waals surface area contributed by atoms with E-state index in [9.17, 15) is 0 Å². The molecule has 0 spiro atoms. The second kappa shape index (κ2) is 5.25. The second-order valence-electron chi connectivity index (χ2n) is 4.94. The first kappa shape index (κ1) is 13.7. The van der Waals surface area contributed by atoms with Crippen LogP contribution in [0, 0.1) is 0 Å². The van der Waals surface area contributed by atoms with Crippen molar-refractivity contribution in [1.29, 1.82) is 0 Å². The molecule has 3 rings (SSSR count). The molecule has 1 fully saturated rings. The number of halogens is 1. The summed E-state index contributed by atoms with van der Waals surface area (Å²) in [4.78, 5) is 4.70. The summed E-state index contributed by atoms with van der Waals surface area (Å²) in [5, 5.41) is 7.81. The number of nitrogen functional groups attached to an aromatic ring is 1. The third-order valence-electron chi connectivity index (χ3n) is 3.56. The third kappa shape index (κ3) is 2.38. The number of nitrogens with two attached hydrogens (primary N) is 2. The van der Waals surface area contributed by atoms with Crippen molar-refractivity contribution in [3.63, 3.8) is 0 Å². The van der Waals surface area contributed by atoms with Crippen LogP contribution in [0.4, 0.5) is 11.6 Å². The van der Waals surface area contributed by atoms with E-state index in [1.165, 1.54) is 5.46 Å². The highest BCUT2D eigenvalue weighted by molar-refractivity contribution is 9.10. The molecule has 0 unspecified atom stereocenters. The molecule has 2 heterocycles. The minimum atomic E-state index is 0.0402. The van der Waals surface area contributed by atoms with Crippen molar-refractivity contribution < 1.29 is 0 Å². The molecule has 2 aromatic rings. The lowest BCUT2D eigenvalue weighted by molar-refractivity contribution is 0.410. The fourth-order valence-electron chi connectivity index (χ4n) is 2.44. The van der Waals surface area contributed by atoms with Gasteiger partial charge in [-0.15, -0.1) is 0 Å². The highest BCUT2D eigenvalue weighted by atomic mass is 79.9. The van der Waals surface area contributed by atoms with Crippen LogP contribution in [0.2, 0.25) is 0 Å². The van der Waals surface area contributed by atoms with Crippen molar-refractivity contribution in [3.05, 3.63) is 10.7 Å². The van der Waals surface area contributed by atoms with Gasteiger partial charge < -0.3 is 16.8 Å². The molecule has 0 atom stereocenters. The van der Waals surface area contributed by atoms with E-state index in [0.717, 1.165) is 41.6 Å². The predicted octanol–water partition coefficient (Wildman–Crippen LogP) is -0.254. The number of aromatic nitrogens is 3. The Balaban J connectivity index is 1.91. The summed E-state index contributed by atoms with van der Waals surface area (Å²) in [5.74, 6) is 1.44. The molecule has 2 aromatic heterocycles. The van der Waals surface area contributed by atoms with Crippen LogP contribution in [0.3, 0.4) is 0 Å². The number of rotatable bonds is 2. The van der Waals surface area contributed by atoms with Crippen LogP contribution >= 0.6 is 15.9 Å². The summed E-state index contributed by atoms with van der Waals surface area (Å²) in [6, 6.07) is 0.778. The van der Waals surface area contributed by atoms with Crippen LogP contribution in [-0.4, -0.2) is 34.5 Å². The SMILES string of the molecule is [BH3-]c1cnn2c(N)c(Br)c(NC3CCC(N)CC3)nc12. The van der Waals surface area contributed by atoms with Gasteiger partial charge in [0.05, 0.1) is 0 Å². The summed E-state index contributed by atoms with van der Waals surface area (Å²) in [6.07, 6.45) is 6.18. The lowest BCUT2D eigenvalue weighted by atomic mass is 9.92. The lowest BCUT2D eigenvalue weighted by Gasteiger charge is -2.27. The zero-order valence-corrected chi connectivity index (χ0v) is 12.0. The Morgan fingerprint density at radius 2 is 2.05 bits per heavy atom. The Kier molecular flexibility index (Phi) is 3.60. The standard InChI is InChI=1S/C12H19BBrN6/c13-8-5-17-20-10(16)9(14)11(19-12(8)20)18-7-3-1-6(15)2-4-7/h5-7H,1-4,15-16H2,13H3,(H,18,19)/q-1. The Morgan fingerprint density at radius 3 is 2.75 bits per heavy atom. The summed E-state index contributed by atoms with van der Waals surface area (Å²) in [7, 11) is 0.0402. The molecule has 8 heteroatoms. The average Bonchev–Trinajstić information content (AvgIpc) is 2.80. The van der Waals surface area contributed by atoms with Crippen LogP contribution in [0.5, 0.6) is 0 Å². The van der Waals surface area contributed by atoms with Crippen LogP contribution in [0.15, 0.2) is 10.7 Å². The number of fused-ring (bicyclic) bond motifs is 1. The molecule has 20 heavy (non-hydrogen) atoms. The first-order valence-electron chi connectivity index (χ1n) is 6.37. The van der Waals surface area contributed by atoms with E-state index in [0.29, 0.717) is 17.9 Å². The van der Waals surface area contributed by atoms with Crippen LogP contribution < -0.4 is 22.2 Å². The van der Waals surface area contributed by atoms with Gasteiger partial charge in [0.2, 0.25) is 0 Å². The molecule has 1 aliphatic rings. The van der Waals surface area contributed by atoms with Gasteiger partial charge in [-0.25, -0.2) is 9.50 Å². The lowest BCUT2D eigenvalue weighted by Crippen LogP contribution is -2.33. The van der Waals surface area contributed by atoms with Gasteiger partial charge in [0.1, 0.15) is 21.8 Å². The highest BCUT2D eigenvalue weighted by Crippen LogP contribution is 2.29. The summed E-state index contributed by atoms with van der Waals surface area (Å²) in [5.41, 5.74) is 14.3. The van der Waals surface area contributed by atoms with Crippen LogP contribution in [0.25, 0.3) is 5.65 Å². The number of nitrogens with one attached hydrogen (secondary N) is 1. The fraction of sp³-hybridized carbons (Fsp3) is 0.500. The molecule has 0 aliphatic heterocycles. The molecule has 6 nitrogen and oxygen atoms in total. The van der Waals surface area contributed by atoms with Crippen molar-refractivity contribution >= 4 is 46.5 Å². The van der Waals surface area contributed by atoms with Crippen molar-refractivity contribution in [1.82, 2.24) is 14.6 Å². The van der Waals surface area contributed by atoms with E-state index in [-0.39, 0.29) is 7.85 Å². The van der Waals surface area contributed by atoms with Crippen molar-refractivity contribution in [3.8, 4) is 0 Å². The van der Waals surface area contributed by atoms with Gasteiger partial charge >= 0.3 is 0 Å². The van der Waals surface area contributed by atoms with E-state index in [4.69, 9.17) is 16.5 Å². The Labute approximate surface area is 126 Å². The van der Waals surface area contributed by atoms with Crippen LogP contribution in [0.1, 0.15) is 25.7 Å². The Hall–Kier alpha value is -1.28. The van der Waals surface area contributed by atoms with Gasteiger partial charge in [-0.05, 0) is 49.5 Å². The smallest absolute Gasteiger partial charge is 0.146 e. The molecular weight excluding hydrogens is 319 g/mol. The maximum Gasteiger partial charge on any atom is 0.146 e. The molecule has 108 valence electrons. The van der Waals surface area contributed by atoms with E-state index < -0.39 is 0 Å². The normalized spacial score (nSPS) is 23.1. The monoisotopic (exact) mass is 337 g/mol. The maximum atomic E-state index is 6.14. The Morgan fingerprint density at radius 1 is 1.35 bits per heavy atom. The van der Waals surface area contributed by atoms with Gasteiger partial charge in [-0.1, -0.05) is 0 Å². The number of anilines is 2. The van der Waals surface area contributed by atoms with E-state index in [2.05, 4.69) is 26.3 Å². The van der Waals surface area contributed by atoms with Gasteiger partial charge in [-0.3, -0.25) is 0 Å². The number of nitrogens with zero attached hydrogens (tertiary/aromatic N) is 3. The third-order valence-corrected chi connectivity index (χ3v) is 4.34. The molecular formula is C12H19BBrN6-. The molecule has 0 saturated heterocycles. The quantitative estimate of drug-likeness (QED) is 0.657. The van der Waals surface area contributed by atoms with E-state index >= 15 is 0 Å². The predicted molar refractivity (Wildman–Crippen MR) is 88.5 cm³/mol. The van der Waals surface area contributed by atoms with Gasteiger partial charge in [-0.2, -0.15) is 10.6 Å². The molecule has 0 amide bonds. The van der Waals surface area contributed by atoms with Crippen molar-refractivity contribution in [2.75, 3.05) is 11.1 Å². The minimum Gasteiger partial charge on any atom is -0.383 e. The van der Waals surface area contributed by atoms with Crippen molar-refractivity contribution in [2.45, 2.75) is 37.8 Å². The van der Waals surface area contributed by atoms with Crippen molar-refractivity contribution in [2.24, 2.45) is 5.73 Å². The molecule has 5 N–H and O–H groups in total. The zero-order valence-electron chi connectivity index (χ0n) is 10.4. The fourth-order valence-corrected chi connectivity index (χ4v) is 2.81. The zero-order chi connectivity index (χ0) is 14.3. The highest BCUT2D eigenvalue weighted by Gasteiger charge is 2.20. The topological polar surface area (TPSA) is 94.3 Å². The maximum absolute atomic E-state index is 6.14. The van der Waals surface area contributed by atoms with Crippen LogP contribution in [-0.2, 0) is 0 Å². The molecule has 1 aliphatic carbocycles. The van der Waals surface area contributed by atoms with Gasteiger partial charge in [0.15, 0.2) is 0 Å². The first-order chi connectivity index (χ1) is 9.56. The Bertz CT molecular complexity index is 634. The van der Waals surface area contributed by atoms with E-state index in [1.54, 1.807) is 4.52 Å². The second-order valence-corrected chi connectivity index (χ2v) is 5.73. The summed E-state index contributed by atoms with van der Waals surface area (Å²) in [6.45, 7) is 0. The summed E-state index contributed by atoms with van der Waals surface area (Å²) >= 11 is 3.53. The summed E-state index contributed by atoms with van der Waals surface area (Å²) < 4.78 is 2.51. The molecule has 0 bridgehead atoms. The van der Waals surface area contributed by atoms with E-state index in [1.807, 2.05) is 6.20 Å². The number of hydrogen-bond acceptors (Lipinski definition) is 5. The first-order valence-corrected chi connectivity index (χ1v) is 7.17. The molecule has 0 radical (unpaired) electrons. The largest absolute Gasteiger partial charge is 0.383 e. The number of hydrogen-bond donors (Lipinski definition) is 3. The molecule has 1 saturated carbocycles.